The molecule has 10 heteroatoms. The topological polar surface area (TPSA) is 138 Å². The number of nitrogens with zero attached hydrogens (tertiary/aromatic N) is 1. The second kappa shape index (κ2) is 14.2. The monoisotopic (exact) mass is 581 g/mol. The van der Waals surface area contributed by atoms with Crippen LogP contribution in [0, 0.1) is 23.2 Å². The molecule has 41 heavy (non-hydrogen) atoms. The van der Waals surface area contributed by atoms with Crippen LogP contribution in [-0.2, 0) is 4.79 Å². The largest absolute Gasteiger partial charge is 0.496 e. The molecule has 0 unspecified atom stereocenters. The standard InChI is InChI=1S/C31H36ClN3O6/c1-40-28-14-21(17-33)27(41-23-11-8-20(9-12-23)31(38)39)16-25(28)30(37)35-26-15-22(32)10-13-24(26)29(36)34-18-19-6-4-2-3-5-7-19/h10,13-16,19-20,23H,2-9,11-12,18H2,1H3,(H,34,36)(H,35,37)(H,38,39). The Labute approximate surface area is 245 Å². The van der Waals surface area contributed by atoms with Gasteiger partial charge in [-0.1, -0.05) is 37.3 Å². The number of anilines is 1. The number of carbonyl (C=O) groups is 3. The zero-order chi connectivity index (χ0) is 29.4. The number of carbonyl (C=O) groups excluding carboxylic acids is 2. The highest BCUT2D eigenvalue weighted by molar-refractivity contribution is 6.31. The maximum absolute atomic E-state index is 13.5. The lowest BCUT2D eigenvalue weighted by molar-refractivity contribution is -0.143. The van der Waals surface area contributed by atoms with Crippen molar-refractivity contribution in [1.82, 2.24) is 5.32 Å². The number of halogens is 1. The number of methoxy groups -OCH3 is 1. The van der Waals surface area contributed by atoms with E-state index in [0.717, 1.165) is 12.8 Å². The number of aliphatic carboxylic acids is 1. The quantitative estimate of drug-likeness (QED) is 0.300. The Bertz CT molecular complexity index is 1310. The van der Waals surface area contributed by atoms with Gasteiger partial charge in [0.05, 0.1) is 41.5 Å². The van der Waals surface area contributed by atoms with E-state index < -0.39 is 17.8 Å². The molecule has 218 valence electrons. The van der Waals surface area contributed by atoms with Crippen LogP contribution < -0.4 is 20.1 Å². The van der Waals surface area contributed by atoms with E-state index in [0.29, 0.717) is 43.2 Å². The first kappa shape index (κ1) is 30.2. The molecule has 0 aromatic heterocycles. The van der Waals surface area contributed by atoms with Crippen molar-refractivity contribution >= 4 is 35.1 Å². The molecule has 3 N–H and O–H groups in total. The summed E-state index contributed by atoms with van der Waals surface area (Å²) in [4.78, 5) is 38.0. The van der Waals surface area contributed by atoms with Crippen LogP contribution in [0.5, 0.6) is 11.5 Å². The van der Waals surface area contributed by atoms with Crippen molar-refractivity contribution in [3.05, 3.63) is 52.0 Å². The Morgan fingerprint density at radius 2 is 1.66 bits per heavy atom. The highest BCUT2D eigenvalue weighted by atomic mass is 35.5. The van der Waals surface area contributed by atoms with Gasteiger partial charge < -0.3 is 25.2 Å². The first-order valence-electron chi connectivity index (χ1n) is 14.2. The molecule has 4 rings (SSSR count). The van der Waals surface area contributed by atoms with Gasteiger partial charge in [0.15, 0.2) is 0 Å². The zero-order valence-corrected chi connectivity index (χ0v) is 24.0. The lowest BCUT2D eigenvalue weighted by Crippen LogP contribution is -2.30. The Morgan fingerprint density at radius 3 is 2.29 bits per heavy atom. The lowest BCUT2D eigenvalue weighted by Gasteiger charge is -2.27. The fourth-order valence-corrected chi connectivity index (χ4v) is 5.78. The number of nitrogens with one attached hydrogen (secondary N) is 2. The highest BCUT2D eigenvalue weighted by Crippen LogP contribution is 2.34. The minimum absolute atomic E-state index is 0.116. The van der Waals surface area contributed by atoms with Crippen molar-refractivity contribution < 1.29 is 29.0 Å². The Hall–Kier alpha value is -3.77. The number of hydrogen-bond donors (Lipinski definition) is 3. The van der Waals surface area contributed by atoms with Gasteiger partial charge in [0.2, 0.25) is 0 Å². The van der Waals surface area contributed by atoms with Crippen molar-refractivity contribution in [3.63, 3.8) is 0 Å². The number of hydrogen-bond acceptors (Lipinski definition) is 6. The van der Waals surface area contributed by atoms with Crippen molar-refractivity contribution in [2.45, 2.75) is 70.3 Å². The van der Waals surface area contributed by atoms with Crippen LogP contribution >= 0.6 is 11.6 Å². The molecule has 0 heterocycles. The van der Waals surface area contributed by atoms with Gasteiger partial charge in [-0.05, 0) is 68.7 Å². The Kier molecular flexibility index (Phi) is 10.5. The van der Waals surface area contributed by atoms with Gasteiger partial charge in [0, 0.05) is 17.6 Å². The third-order valence-electron chi connectivity index (χ3n) is 7.98. The van der Waals surface area contributed by atoms with Crippen LogP contribution in [-0.4, -0.2) is 42.6 Å². The van der Waals surface area contributed by atoms with Crippen LogP contribution in [0.4, 0.5) is 5.69 Å². The fraction of sp³-hybridized carbons (Fsp3) is 0.484. The average Bonchev–Trinajstić information content (AvgIpc) is 3.25. The molecule has 0 saturated heterocycles. The van der Waals surface area contributed by atoms with Crippen molar-refractivity contribution in [3.8, 4) is 17.6 Å². The summed E-state index contributed by atoms with van der Waals surface area (Å²) in [5, 5.41) is 25.1. The highest BCUT2D eigenvalue weighted by Gasteiger charge is 2.28. The predicted octanol–water partition coefficient (Wildman–Crippen LogP) is 6.19. The van der Waals surface area contributed by atoms with Gasteiger partial charge >= 0.3 is 5.97 Å². The van der Waals surface area contributed by atoms with E-state index in [1.807, 2.05) is 0 Å². The summed E-state index contributed by atoms with van der Waals surface area (Å²) in [5.41, 5.74) is 0.850. The maximum Gasteiger partial charge on any atom is 0.306 e. The van der Waals surface area contributed by atoms with E-state index in [4.69, 9.17) is 21.1 Å². The summed E-state index contributed by atoms with van der Waals surface area (Å²) < 4.78 is 11.5. The van der Waals surface area contributed by atoms with Crippen LogP contribution in [0.15, 0.2) is 30.3 Å². The smallest absolute Gasteiger partial charge is 0.306 e. The molecule has 2 aromatic rings. The molecule has 2 aliphatic carbocycles. The third kappa shape index (κ3) is 7.92. The SMILES string of the molecule is COc1cc(C#N)c(OC2CCC(C(=O)O)CC2)cc1C(=O)Nc1cc(Cl)ccc1C(=O)NCC1CCCCCC1. The van der Waals surface area contributed by atoms with Crippen LogP contribution in [0.2, 0.25) is 5.02 Å². The van der Waals surface area contributed by atoms with Gasteiger partial charge in [-0.3, -0.25) is 14.4 Å². The van der Waals surface area contributed by atoms with Crippen LogP contribution in [0.1, 0.15) is 90.5 Å². The summed E-state index contributed by atoms with van der Waals surface area (Å²) in [7, 11) is 1.40. The maximum atomic E-state index is 13.5. The van der Waals surface area contributed by atoms with E-state index in [2.05, 4.69) is 16.7 Å². The summed E-state index contributed by atoms with van der Waals surface area (Å²) in [6.45, 7) is 0.577. The number of carboxylic acid groups (broad SMARTS) is 1. The molecule has 2 fully saturated rings. The Balaban J connectivity index is 1.52. The summed E-state index contributed by atoms with van der Waals surface area (Å²) in [5.74, 6) is -1.26. The van der Waals surface area contributed by atoms with Gasteiger partial charge in [0.1, 0.15) is 17.6 Å². The molecule has 2 amide bonds. The third-order valence-corrected chi connectivity index (χ3v) is 8.22. The number of nitriles is 1. The number of rotatable bonds is 9. The number of benzene rings is 2. The molecule has 9 nitrogen and oxygen atoms in total. The molecule has 0 aliphatic heterocycles. The van der Waals surface area contributed by atoms with Gasteiger partial charge in [-0.2, -0.15) is 5.26 Å². The molecular weight excluding hydrogens is 546 g/mol. The normalized spacial score (nSPS) is 19.3. The minimum Gasteiger partial charge on any atom is -0.496 e. The lowest BCUT2D eigenvalue weighted by atomic mass is 9.87. The Morgan fingerprint density at radius 1 is 0.951 bits per heavy atom. The number of amides is 2. The average molecular weight is 582 g/mol. The van der Waals surface area contributed by atoms with E-state index in [1.54, 1.807) is 12.1 Å². The fourth-order valence-electron chi connectivity index (χ4n) is 5.61. The van der Waals surface area contributed by atoms with E-state index in [-0.39, 0.29) is 45.9 Å². The van der Waals surface area contributed by atoms with Crippen molar-refractivity contribution in [2.75, 3.05) is 19.0 Å². The molecule has 2 aromatic carbocycles. The summed E-state index contributed by atoms with van der Waals surface area (Å²) in [6.07, 6.45) is 8.72. The number of ether oxygens (including phenoxy) is 2. The molecular formula is C31H36ClN3O6. The zero-order valence-electron chi connectivity index (χ0n) is 23.2. The molecule has 2 aliphatic rings. The summed E-state index contributed by atoms with van der Waals surface area (Å²) in [6, 6.07) is 9.67. The van der Waals surface area contributed by atoms with E-state index in [1.165, 1.54) is 51.0 Å². The van der Waals surface area contributed by atoms with Gasteiger partial charge in [-0.25, -0.2) is 0 Å². The first-order valence-corrected chi connectivity index (χ1v) is 14.6. The molecule has 0 bridgehead atoms. The number of carboxylic acids is 1. The molecule has 2 saturated carbocycles. The van der Waals surface area contributed by atoms with Gasteiger partial charge in [0.25, 0.3) is 11.8 Å². The second-order valence-electron chi connectivity index (χ2n) is 10.8. The summed E-state index contributed by atoms with van der Waals surface area (Å²) >= 11 is 6.23. The van der Waals surface area contributed by atoms with Crippen molar-refractivity contribution in [2.24, 2.45) is 11.8 Å². The predicted molar refractivity (Wildman–Crippen MR) is 155 cm³/mol. The van der Waals surface area contributed by atoms with E-state index in [9.17, 15) is 24.8 Å². The molecule has 0 spiro atoms. The molecule has 0 atom stereocenters. The second-order valence-corrected chi connectivity index (χ2v) is 11.2. The van der Waals surface area contributed by atoms with Crippen LogP contribution in [0.3, 0.4) is 0 Å². The minimum atomic E-state index is -0.817. The van der Waals surface area contributed by atoms with Crippen molar-refractivity contribution in [1.29, 1.82) is 5.26 Å². The first-order chi connectivity index (χ1) is 19.8. The van der Waals surface area contributed by atoms with E-state index >= 15 is 0 Å². The van der Waals surface area contributed by atoms with Gasteiger partial charge in [-0.15, -0.1) is 0 Å². The van der Waals surface area contributed by atoms with Crippen LogP contribution in [0.25, 0.3) is 0 Å². The molecule has 0 radical (unpaired) electrons.